The van der Waals surface area contributed by atoms with Gasteiger partial charge in [-0.15, -0.1) is 0 Å². The summed E-state index contributed by atoms with van der Waals surface area (Å²) in [7, 11) is 1.81. The van der Waals surface area contributed by atoms with Crippen LogP contribution in [0.25, 0.3) is 11.0 Å². The zero-order valence-electron chi connectivity index (χ0n) is 13.6. The number of carbonyl (C=O) groups excluding carboxylic acids is 1. The normalized spacial score (nSPS) is 10.7. The van der Waals surface area contributed by atoms with Crippen molar-refractivity contribution in [1.82, 2.24) is 14.9 Å². The van der Waals surface area contributed by atoms with Crippen LogP contribution in [-0.2, 0) is 6.54 Å². The van der Waals surface area contributed by atoms with Gasteiger partial charge in [0.2, 0.25) is 0 Å². The molecule has 1 amide bonds. The first-order valence-electron chi connectivity index (χ1n) is 7.59. The van der Waals surface area contributed by atoms with E-state index in [-0.39, 0.29) is 5.91 Å². The fourth-order valence-electron chi connectivity index (χ4n) is 2.51. The van der Waals surface area contributed by atoms with E-state index < -0.39 is 0 Å². The van der Waals surface area contributed by atoms with Crippen LogP contribution in [0, 0.1) is 13.8 Å². The topological polar surface area (TPSA) is 46.1 Å². The number of fused-ring (bicyclic) bond motifs is 1. The molecule has 0 fully saturated rings. The maximum Gasteiger partial charge on any atom is 0.253 e. The van der Waals surface area contributed by atoms with Crippen LogP contribution >= 0.6 is 0 Å². The number of carbonyl (C=O) groups is 1. The Kier molecular flexibility index (Phi) is 4.06. The number of aromatic nitrogens is 2. The maximum atomic E-state index is 12.6. The summed E-state index contributed by atoms with van der Waals surface area (Å²) < 4.78 is 0. The molecule has 2 aromatic carbocycles. The molecule has 0 saturated carbocycles. The van der Waals surface area contributed by atoms with Crippen molar-refractivity contribution >= 4 is 16.9 Å². The van der Waals surface area contributed by atoms with Crippen molar-refractivity contribution in [3.63, 3.8) is 0 Å². The standard InChI is InChI=1S/C19H19N3O/c1-13-14(2)21-18-11-16(9-10-17(18)20-13)19(23)22(3)12-15-7-5-4-6-8-15/h4-11H,12H2,1-3H3. The molecule has 0 aliphatic carbocycles. The van der Waals surface area contributed by atoms with Gasteiger partial charge in [0.25, 0.3) is 5.91 Å². The van der Waals surface area contributed by atoms with Gasteiger partial charge in [-0.05, 0) is 37.6 Å². The number of rotatable bonds is 3. The summed E-state index contributed by atoms with van der Waals surface area (Å²) in [5.41, 5.74) is 5.11. The van der Waals surface area contributed by atoms with Gasteiger partial charge in [0.05, 0.1) is 22.4 Å². The minimum Gasteiger partial charge on any atom is -0.337 e. The van der Waals surface area contributed by atoms with Gasteiger partial charge in [-0.1, -0.05) is 30.3 Å². The zero-order valence-corrected chi connectivity index (χ0v) is 13.6. The number of hydrogen-bond acceptors (Lipinski definition) is 3. The van der Waals surface area contributed by atoms with Gasteiger partial charge in [0.15, 0.2) is 0 Å². The van der Waals surface area contributed by atoms with Crippen molar-refractivity contribution in [3.8, 4) is 0 Å². The van der Waals surface area contributed by atoms with E-state index in [9.17, 15) is 4.79 Å². The molecule has 0 unspecified atom stereocenters. The molecule has 1 heterocycles. The van der Waals surface area contributed by atoms with Crippen molar-refractivity contribution < 1.29 is 4.79 Å². The molecule has 0 bridgehead atoms. The second kappa shape index (κ2) is 6.16. The van der Waals surface area contributed by atoms with E-state index in [0.29, 0.717) is 12.1 Å². The first-order valence-corrected chi connectivity index (χ1v) is 7.59. The fraction of sp³-hybridized carbons (Fsp3) is 0.211. The van der Waals surface area contributed by atoms with Gasteiger partial charge in [0.1, 0.15) is 0 Å². The third-order valence-electron chi connectivity index (χ3n) is 3.93. The molecular formula is C19H19N3O. The van der Waals surface area contributed by atoms with Crippen LogP contribution in [-0.4, -0.2) is 27.8 Å². The predicted octanol–water partition coefficient (Wildman–Crippen LogP) is 3.52. The van der Waals surface area contributed by atoms with Crippen molar-refractivity contribution in [3.05, 3.63) is 71.0 Å². The Morgan fingerprint density at radius 1 is 0.957 bits per heavy atom. The molecule has 0 spiro atoms. The van der Waals surface area contributed by atoms with Crippen molar-refractivity contribution in [1.29, 1.82) is 0 Å². The summed E-state index contributed by atoms with van der Waals surface area (Å²) in [5.74, 6) is -0.0178. The molecule has 23 heavy (non-hydrogen) atoms. The monoisotopic (exact) mass is 305 g/mol. The fourth-order valence-corrected chi connectivity index (χ4v) is 2.51. The minimum absolute atomic E-state index is 0.0178. The van der Waals surface area contributed by atoms with E-state index >= 15 is 0 Å². The second-order valence-corrected chi connectivity index (χ2v) is 5.74. The highest BCUT2D eigenvalue weighted by Crippen LogP contribution is 2.16. The Morgan fingerprint density at radius 2 is 1.61 bits per heavy atom. The largest absolute Gasteiger partial charge is 0.337 e. The second-order valence-electron chi connectivity index (χ2n) is 5.74. The zero-order chi connectivity index (χ0) is 16.4. The highest BCUT2D eigenvalue weighted by molar-refractivity contribution is 5.97. The summed E-state index contributed by atoms with van der Waals surface area (Å²) in [4.78, 5) is 23.4. The molecule has 116 valence electrons. The van der Waals surface area contributed by atoms with Gasteiger partial charge >= 0.3 is 0 Å². The van der Waals surface area contributed by atoms with E-state index in [0.717, 1.165) is 28.0 Å². The highest BCUT2D eigenvalue weighted by Gasteiger charge is 2.13. The first kappa shape index (κ1) is 15.2. The van der Waals surface area contributed by atoms with Gasteiger partial charge < -0.3 is 4.90 Å². The van der Waals surface area contributed by atoms with E-state index in [1.165, 1.54) is 0 Å². The summed E-state index contributed by atoms with van der Waals surface area (Å²) in [5, 5.41) is 0. The quantitative estimate of drug-likeness (QED) is 0.744. The molecule has 0 aliphatic heterocycles. The molecule has 1 aromatic heterocycles. The molecular weight excluding hydrogens is 286 g/mol. The van der Waals surface area contributed by atoms with Crippen LogP contribution in [0.3, 0.4) is 0 Å². The van der Waals surface area contributed by atoms with E-state index in [1.54, 1.807) is 4.90 Å². The lowest BCUT2D eigenvalue weighted by Crippen LogP contribution is -2.26. The van der Waals surface area contributed by atoms with Crippen LogP contribution in [0.4, 0.5) is 0 Å². The van der Waals surface area contributed by atoms with Crippen LogP contribution in [0.5, 0.6) is 0 Å². The lowest BCUT2D eigenvalue weighted by atomic mass is 10.1. The Morgan fingerprint density at radius 3 is 2.30 bits per heavy atom. The Hall–Kier alpha value is -2.75. The predicted molar refractivity (Wildman–Crippen MR) is 91.3 cm³/mol. The summed E-state index contributed by atoms with van der Waals surface area (Å²) in [6.45, 7) is 4.45. The molecule has 0 saturated heterocycles. The number of nitrogens with zero attached hydrogens (tertiary/aromatic N) is 3. The molecule has 0 radical (unpaired) electrons. The van der Waals surface area contributed by atoms with Gasteiger partial charge in [0, 0.05) is 19.2 Å². The highest BCUT2D eigenvalue weighted by atomic mass is 16.2. The van der Waals surface area contributed by atoms with Crippen LogP contribution in [0.15, 0.2) is 48.5 Å². The molecule has 0 N–H and O–H groups in total. The maximum absolute atomic E-state index is 12.6. The third-order valence-corrected chi connectivity index (χ3v) is 3.93. The average molecular weight is 305 g/mol. The molecule has 3 rings (SSSR count). The van der Waals surface area contributed by atoms with Crippen LogP contribution < -0.4 is 0 Å². The number of benzene rings is 2. The molecule has 0 atom stereocenters. The Balaban J connectivity index is 1.87. The Labute approximate surface area is 135 Å². The number of hydrogen-bond donors (Lipinski definition) is 0. The van der Waals surface area contributed by atoms with Crippen molar-refractivity contribution in [2.24, 2.45) is 0 Å². The summed E-state index contributed by atoms with van der Waals surface area (Å²) in [6, 6.07) is 15.4. The summed E-state index contributed by atoms with van der Waals surface area (Å²) >= 11 is 0. The number of amides is 1. The lowest BCUT2D eigenvalue weighted by Gasteiger charge is -2.17. The van der Waals surface area contributed by atoms with Crippen molar-refractivity contribution in [2.75, 3.05) is 7.05 Å². The van der Waals surface area contributed by atoms with Gasteiger partial charge in [-0.2, -0.15) is 0 Å². The lowest BCUT2D eigenvalue weighted by molar-refractivity contribution is 0.0785. The van der Waals surface area contributed by atoms with Crippen LogP contribution in [0.1, 0.15) is 27.3 Å². The third kappa shape index (κ3) is 3.21. The number of aryl methyl sites for hydroxylation is 2. The smallest absolute Gasteiger partial charge is 0.253 e. The SMILES string of the molecule is Cc1nc2ccc(C(=O)N(C)Cc3ccccc3)cc2nc1C. The average Bonchev–Trinajstić information content (AvgIpc) is 2.55. The molecule has 4 nitrogen and oxygen atoms in total. The minimum atomic E-state index is -0.0178. The summed E-state index contributed by atoms with van der Waals surface area (Å²) in [6.07, 6.45) is 0. The molecule has 0 aliphatic rings. The van der Waals surface area contributed by atoms with E-state index in [2.05, 4.69) is 9.97 Å². The Bertz CT molecular complexity index is 859. The van der Waals surface area contributed by atoms with Crippen LogP contribution in [0.2, 0.25) is 0 Å². The van der Waals surface area contributed by atoms with Gasteiger partial charge in [-0.3, -0.25) is 4.79 Å². The van der Waals surface area contributed by atoms with E-state index in [4.69, 9.17) is 0 Å². The van der Waals surface area contributed by atoms with E-state index in [1.807, 2.05) is 69.4 Å². The molecule has 3 aromatic rings. The van der Waals surface area contributed by atoms with Gasteiger partial charge in [-0.25, -0.2) is 9.97 Å². The molecule has 4 heteroatoms. The van der Waals surface area contributed by atoms with Crippen molar-refractivity contribution in [2.45, 2.75) is 20.4 Å². The first-order chi connectivity index (χ1) is 11.0.